The molecule has 4 N–H and O–H groups in total. The van der Waals surface area contributed by atoms with Crippen LogP contribution in [0, 0.1) is 6.92 Å². The highest BCUT2D eigenvalue weighted by molar-refractivity contribution is 9.10. The molecule has 94 valence electrons. The number of hydrogen-bond donors (Lipinski definition) is 3. The summed E-state index contributed by atoms with van der Waals surface area (Å²) in [4.78, 5) is 12.0. The molecule has 18 heavy (non-hydrogen) atoms. The van der Waals surface area contributed by atoms with Gasteiger partial charge < -0.3 is 11.1 Å². The van der Waals surface area contributed by atoms with Gasteiger partial charge in [0.1, 0.15) is 0 Å². The molecule has 0 bridgehead atoms. The Bertz CT molecular complexity index is 591. The maximum atomic E-state index is 12.0. The topological polar surface area (TPSA) is 83.8 Å². The normalized spacial score (nSPS) is 10.4. The first-order valence-electron chi connectivity index (χ1n) is 5.05. The van der Waals surface area contributed by atoms with Gasteiger partial charge in [-0.05, 0) is 25.1 Å². The van der Waals surface area contributed by atoms with Crippen molar-refractivity contribution in [2.24, 2.45) is 0 Å². The number of aryl methyl sites for hydroxylation is 1. The number of H-pyrrole nitrogens is 1. The Morgan fingerprint density at radius 2 is 2.22 bits per heavy atom. The Hall–Kier alpha value is -1.53. The van der Waals surface area contributed by atoms with Gasteiger partial charge in [0.15, 0.2) is 5.82 Å². The molecule has 1 amide bonds. The summed E-state index contributed by atoms with van der Waals surface area (Å²) in [6.45, 7) is 1.77. The molecule has 1 aromatic carbocycles. The Kier molecular flexibility index (Phi) is 3.58. The fourth-order valence-electron chi connectivity index (χ4n) is 1.40. The smallest absolute Gasteiger partial charge is 0.257 e. The van der Waals surface area contributed by atoms with Crippen molar-refractivity contribution in [3.63, 3.8) is 0 Å². The number of nitrogens with one attached hydrogen (secondary N) is 2. The van der Waals surface area contributed by atoms with Gasteiger partial charge in [0, 0.05) is 15.1 Å². The van der Waals surface area contributed by atoms with Gasteiger partial charge in [-0.25, -0.2) is 0 Å². The van der Waals surface area contributed by atoms with E-state index < -0.39 is 0 Å². The Morgan fingerprint density at radius 3 is 2.78 bits per heavy atom. The molecule has 1 heterocycles. The number of carbonyl (C=O) groups excluding carboxylic acids is 1. The monoisotopic (exact) mass is 328 g/mol. The number of benzene rings is 1. The van der Waals surface area contributed by atoms with Crippen LogP contribution in [-0.2, 0) is 0 Å². The second-order valence-corrected chi connectivity index (χ2v) is 5.08. The minimum Gasteiger partial charge on any atom is -0.394 e. The van der Waals surface area contributed by atoms with Crippen LogP contribution in [0.3, 0.4) is 0 Å². The van der Waals surface area contributed by atoms with Crippen molar-refractivity contribution in [2.75, 3.05) is 11.1 Å². The van der Waals surface area contributed by atoms with E-state index in [1.165, 1.54) is 0 Å². The lowest BCUT2D eigenvalue weighted by Crippen LogP contribution is -2.13. The molecule has 0 aliphatic rings. The first-order chi connectivity index (χ1) is 8.47. The third-order valence-electron chi connectivity index (χ3n) is 2.35. The lowest BCUT2D eigenvalue weighted by atomic mass is 10.2. The zero-order valence-electron chi connectivity index (χ0n) is 9.42. The Balaban J connectivity index is 2.24. The number of amides is 1. The molecule has 0 saturated carbocycles. The highest BCUT2D eigenvalue weighted by Gasteiger charge is 2.12. The van der Waals surface area contributed by atoms with Gasteiger partial charge in [0.2, 0.25) is 0 Å². The average molecular weight is 330 g/mol. The molecule has 0 fully saturated rings. The third kappa shape index (κ3) is 2.65. The van der Waals surface area contributed by atoms with Crippen molar-refractivity contribution in [3.8, 4) is 0 Å². The predicted molar refractivity (Wildman–Crippen MR) is 74.8 cm³/mol. The van der Waals surface area contributed by atoms with E-state index in [0.717, 1.165) is 4.47 Å². The highest BCUT2D eigenvalue weighted by atomic mass is 79.9. The Labute approximate surface area is 117 Å². The highest BCUT2D eigenvalue weighted by Crippen LogP contribution is 2.22. The summed E-state index contributed by atoms with van der Waals surface area (Å²) in [6, 6.07) is 4.93. The van der Waals surface area contributed by atoms with Crippen LogP contribution in [-0.4, -0.2) is 16.1 Å². The maximum Gasteiger partial charge on any atom is 0.257 e. The van der Waals surface area contributed by atoms with Crippen LogP contribution in [0.15, 0.2) is 22.7 Å². The van der Waals surface area contributed by atoms with Crippen molar-refractivity contribution in [3.05, 3.63) is 39.0 Å². The first-order valence-corrected chi connectivity index (χ1v) is 6.22. The first kappa shape index (κ1) is 12.9. The molecule has 0 saturated heterocycles. The summed E-state index contributed by atoms with van der Waals surface area (Å²) in [5.41, 5.74) is 7.30. The van der Waals surface area contributed by atoms with Gasteiger partial charge in [-0.3, -0.25) is 9.89 Å². The van der Waals surface area contributed by atoms with Crippen LogP contribution in [0.4, 0.5) is 11.5 Å². The number of carbonyl (C=O) groups is 1. The van der Waals surface area contributed by atoms with Crippen molar-refractivity contribution in [1.82, 2.24) is 10.2 Å². The quantitative estimate of drug-likeness (QED) is 0.792. The van der Waals surface area contributed by atoms with Crippen LogP contribution in [0.5, 0.6) is 0 Å². The van der Waals surface area contributed by atoms with E-state index in [1.807, 2.05) is 0 Å². The summed E-state index contributed by atoms with van der Waals surface area (Å²) in [5.74, 6) is -0.00926. The molecule has 5 nitrogen and oxygen atoms in total. The number of aromatic amines is 1. The zero-order chi connectivity index (χ0) is 13.3. The fourth-order valence-corrected chi connectivity index (χ4v) is 2.26. The number of hydrogen-bond acceptors (Lipinski definition) is 3. The molecule has 0 aliphatic heterocycles. The summed E-state index contributed by atoms with van der Waals surface area (Å²) in [5, 5.41) is 9.68. The molecule has 7 heteroatoms. The van der Waals surface area contributed by atoms with E-state index in [9.17, 15) is 4.79 Å². The van der Waals surface area contributed by atoms with Gasteiger partial charge in [-0.1, -0.05) is 27.5 Å². The minimum atomic E-state index is -0.323. The predicted octanol–water partition coefficient (Wildman–Crippen LogP) is 2.97. The van der Waals surface area contributed by atoms with Crippen LogP contribution >= 0.6 is 27.5 Å². The van der Waals surface area contributed by atoms with Crippen LogP contribution in [0.1, 0.15) is 16.1 Å². The number of nitrogen functional groups attached to an aromatic ring is 1. The largest absolute Gasteiger partial charge is 0.394 e. The third-order valence-corrected chi connectivity index (χ3v) is 3.03. The van der Waals surface area contributed by atoms with E-state index in [1.54, 1.807) is 25.1 Å². The number of nitrogens with zero attached hydrogens (tertiary/aromatic N) is 1. The number of aromatic nitrogens is 2. The fraction of sp³-hybridized carbons (Fsp3) is 0.0909. The molecule has 1 aromatic heterocycles. The summed E-state index contributed by atoms with van der Waals surface area (Å²) < 4.78 is 0.728. The van der Waals surface area contributed by atoms with Gasteiger partial charge in [0.25, 0.3) is 5.91 Å². The van der Waals surface area contributed by atoms with E-state index >= 15 is 0 Å². The molecule has 0 spiro atoms. The maximum absolute atomic E-state index is 12.0. The van der Waals surface area contributed by atoms with Gasteiger partial charge in [0.05, 0.1) is 11.4 Å². The number of rotatable bonds is 2. The van der Waals surface area contributed by atoms with Crippen molar-refractivity contribution in [1.29, 1.82) is 0 Å². The molecule has 2 aromatic rings. The van der Waals surface area contributed by atoms with Crippen molar-refractivity contribution in [2.45, 2.75) is 6.92 Å². The average Bonchev–Trinajstić information content (AvgIpc) is 2.59. The molecule has 0 aliphatic carbocycles. The molecule has 0 unspecified atom stereocenters. The van der Waals surface area contributed by atoms with Crippen LogP contribution in [0.2, 0.25) is 5.02 Å². The van der Waals surface area contributed by atoms with Crippen molar-refractivity contribution >= 4 is 44.9 Å². The van der Waals surface area contributed by atoms with E-state index in [2.05, 4.69) is 31.4 Å². The minimum absolute atomic E-state index is 0.314. The zero-order valence-corrected chi connectivity index (χ0v) is 11.8. The number of halogens is 2. The van der Waals surface area contributed by atoms with E-state index in [0.29, 0.717) is 27.8 Å². The van der Waals surface area contributed by atoms with E-state index in [4.69, 9.17) is 17.3 Å². The van der Waals surface area contributed by atoms with Gasteiger partial charge in [-0.2, -0.15) is 5.10 Å². The van der Waals surface area contributed by atoms with E-state index in [-0.39, 0.29) is 5.91 Å². The lowest BCUT2D eigenvalue weighted by molar-refractivity contribution is 0.102. The summed E-state index contributed by atoms with van der Waals surface area (Å²) >= 11 is 9.15. The van der Waals surface area contributed by atoms with Crippen LogP contribution in [0.25, 0.3) is 0 Å². The second-order valence-electron chi connectivity index (χ2n) is 3.72. The Morgan fingerprint density at radius 1 is 1.50 bits per heavy atom. The number of nitrogens with two attached hydrogens (primary N) is 1. The second kappa shape index (κ2) is 4.99. The molecular weight excluding hydrogens is 320 g/mol. The summed E-state index contributed by atoms with van der Waals surface area (Å²) in [6.07, 6.45) is 0. The van der Waals surface area contributed by atoms with Crippen LogP contribution < -0.4 is 11.1 Å². The number of anilines is 2. The van der Waals surface area contributed by atoms with Gasteiger partial charge >= 0.3 is 0 Å². The lowest BCUT2D eigenvalue weighted by Gasteiger charge is -2.04. The van der Waals surface area contributed by atoms with Gasteiger partial charge in [-0.15, -0.1) is 0 Å². The molecule has 2 rings (SSSR count). The standard InChI is InChI=1S/C11H10BrClN4O/c1-5-9(14)10(17-16-5)15-11(18)6-2-7(12)4-8(13)3-6/h2-4H,14H2,1H3,(H2,15,16,17,18). The SMILES string of the molecule is Cc1[nH]nc(NC(=O)c2cc(Cl)cc(Br)c2)c1N. The molecular formula is C11H10BrClN4O. The molecule has 0 atom stereocenters. The summed E-state index contributed by atoms with van der Waals surface area (Å²) in [7, 11) is 0. The molecule has 0 radical (unpaired) electrons. The van der Waals surface area contributed by atoms with Crippen molar-refractivity contribution < 1.29 is 4.79 Å².